The summed E-state index contributed by atoms with van der Waals surface area (Å²) in [7, 11) is 1.58. The Hall–Kier alpha value is -2.67. The van der Waals surface area contributed by atoms with Crippen LogP contribution >= 0.6 is 0 Å². The third-order valence-corrected chi connectivity index (χ3v) is 2.86. The van der Waals surface area contributed by atoms with E-state index in [1.807, 2.05) is 18.2 Å². The number of methoxy groups -OCH3 is 1. The molecule has 0 saturated carbocycles. The molecule has 1 amide bonds. The van der Waals surface area contributed by atoms with E-state index in [4.69, 9.17) is 13.6 Å². The van der Waals surface area contributed by atoms with E-state index in [9.17, 15) is 4.79 Å². The normalized spacial score (nSPS) is 10.9. The minimum atomic E-state index is -0.437. The van der Waals surface area contributed by atoms with E-state index in [0.717, 1.165) is 5.39 Å². The average molecular weight is 287 g/mol. The van der Waals surface area contributed by atoms with Gasteiger partial charge in [-0.15, -0.1) is 5.10 Å². The zero-order valence-electron chi connectivity index (χ0n) is 11.3. The predicted molar refractivity (Wildman–Crippen MR) is 74.0 cm³/mol. The Morgan fingerprint density at radius 3 is 2.95 bits per heavy atom. The first-order valence-corrected chi connectivity index (χ1v) is 6.37. The lowest BCUT2D eigenvalue weighted by Crippen LogP contribution is -2.10. The molecule has 0 radical (unpaired) electrons. The van der Waals surface area contributed by atoms with Gasteiger partial charge in [0.15, 0.2) is 5.76 Å². The highest BCUT2D eigenvalue weighted by atomic mass is 16.5. The van der Waals surface area contributed by atoms with Crippen LogP contribution in [0, 0.1) is 0 Å². The van der Waals surface area contributed by atoms with Crippen LogP contribution in [-0.2, 0) is 11.2 Å². The average Bonchev–Trinajstić information content (AvgIpc) is 3.11. The lowest BCUT2D eigenvalue weighted by molar-refractivity contribution is 0.0995. The number of nitrogens with zero attached hydrogens (tertiary/aromatic N) is 2. The fourth-order valence-electron chi connectivity index (χ4n) is 1.85. The molecule has 0 aliphatic rings. The Balaban J connectivity index is 1.72. The fraction of sp³-hybridized carbons (Fsp3) is 0.214. The number of carbonyl (C=O) groups excluding carboxylic acids is 1. The van der Waals surface area contributed by atoms with Crippen molar-refractivity contribution in [2.45, 2.75) is 6.42 Å². The summed E-state index contributed by atoms with van der Waals surface area (Å²) in [5, 5.41) is 10.9. The number of benzene rings is 1. The van der Waals surface area contributed by atoms with Crippen molar-refractivity contribution in [2.75, 3.05) is 19.0 Å². The van der Waals surface area contributed by atoms with Gasteiger partial charge in [0.2, 0.25) is 5.89 Å². The third kappa shape index (κ3) is 2.92. The molecule has 0 aliphatic heterocycles. The summed E-state index contributed by atoms with van der Waals surface area (Å²) in [4.78, 5) is 12.0. The van der Waals surface area contributed by atoms with Crippen LogP contribution in [-0.4, -0.2) is 29.8 Å². The smallest absolute Gasteiger partial charge is 0.322 e. The second kappa shape index (κ2) is 5.76. The summed E-state index contributed by atoms with van der Waals surface area (Å²) in [6, 6.07) is 9.07. The number of anilines is 1. The van der Waals surface area contributed by atoms with Crippen LogP contribution in [0.2, 0.25) is 0 Å². The van der Waals surface area contributed by atoms with Crippen LogP contribution in [0.4, 0.5) is 6.01 Å². The molecule has 1 N–H and O–H groups in total. The number of rotatable bonds is 5. The molecule has 0 unspecified atom stereocenters. The van der Waals surface area contributed by atoms with Gasteiger partial charge >= 0.3 is 6.01 Å². The number of carbonyl (C=O) groups is 1. The molecular weight excluding hydrogens is 274 g/mol. The molecule has 3 rings (SSSR count). The highest BCUT2D eigenvalue weighted by Gasteiger charge is 2.15. The highest BCUT2D eigenvalue weighted by Crippen LogP contribution is 2.19. The van der Waals surface area contributed by atoms with Crippen LogP contribution in [0.25, 0.3) is 11.0 Å². The minimum absolute atomic E-state index is 0.0339. The van der Waals surface area contributed by atoms with Gasteiger partial charge in [0.25, 0.3) is 5.91 Å². The van der Waals surface area contributed by atoms with Gasteiger partial charge in [-0.25, -0.2) is 0 Å². The Kier molecular flexibility index (Phi) is 3.65. The van der Waals surface area contributed by atoms with Gasteiger partial charge in [-0.05, 0) is 12.1 Å². The molecular formula is C14H13N3O4. The van der Waals surface area contributed by atoms with Crippen LogP contribution in [0.5, 0.6) is 0 Å². The molecule has 7 nitrogen and oxygen atoms in total. The number of para-hydroxylation sites is 1. The van der Waals surface area contributed by atoms with E-state index < -0.39 is 5.91 Å². The standard InChI is InChI=1S/C14H13N3O4/c1-19-7-6-12-16-17-14(21-12)15-13(18)11-8-9-4-2-3-5-10(9)20-11/h2-5,8H,6-7H2,1H3,(H,15,17,18). The summed E-state index contributed by atoms with van der Waals surface area (Å²) in [6.07, 6.45) is 0.490. The molecule has 3 aromatic rings. The molecule has 7 heteroatoms. The molecule has 0 aliphatic carbocycles. The molecule has 0 atom stereocenters. The first-order chi connectivity index (χ1) is 10.3. The quantitative estimate of drug-likeness (QED) is 0.774. The number of nitrogens with one attached hydrogen (secondary N) is 1. The minimum Gasteiger partial charge on any atom is -0.451 e. The molecule has 0 saturated heterocycles. The number of furan rings is 1. The maximum absolute atomic E-state index is 12.0. The Morgan fingerprint density at radius 2 is 2.14 bits per heavy atom. The van der Waals surface area contributed by atoms with Gasteiger partial charge in [0.05, 0.1) is 6.61 Å². The number of amides is 1. The molecule has 1 aromatic carbocycles. The van der Waals surface area contributed by atoms with Gasteiger partial charge in [-0.2, -0.15) is 0 Å². The Labute approximate surface area is 119 Å². The number of aromatic nitrogens is 2. The van der Waals surface area contributed by atoms with Crippen molar-refractivity contribution in [1.82, 2.24) is 10.2 Å². The molecule has 0 fully saturated rings. The molecule has 0 spiro atoms. The topological polar surface area (TPSA) is 90.4 Å². The number of hydrogen-bond acceptors (Lipinski definition) is 6. The van der Waals surface area contributed by atoms with E-state index in [1.165, 1.54) is 0 Å². The number of hydrogen-bond donors (Lipinski definition) is 1. The van der Waals surface area contributed by atoms with Crippen molar-refractivity contribution in [3.05, 3.63) is 42.0 Å². The first-order valence-electron chi connectivity index (χ1n) is 6.37. The maximum atomic E-state index is 12.0. The molecule has 2 heterocycles. The zero-order chi connectivity index (χ0) is 14.7. The lowest BCUT2D eigenvalue weighted by Gasteiger charge is -1.96. The van der Waals surface area contributed by atoms with Crippen molar-refractivity contribution >= 4 is 22.9 Å². The van der Waals surface area contributed by atoms with Gasteiger partial charge in [-0.3, -0.25) is 10.1 Å². The monoisotopic (exact) mass is 287 g/mol. The van der Waals surface area contributed by atoms with Gasteiger partial charge < -0.3 is 13.6 Å². The lowest BCUT2D eigenvalue weighted by atomic mass is 10.2. The van der Waals surface area contributed by atoms with E-state index >= 15 is 0 Å². The van der Waals surface area contributed by atoms with Crippen LogP contribution in [0.1, 0.15) is 16.4 Å². The summed E-state index contributed by atoms with van der Waals surface area (Å²) < 4.78 is 15.6. The van der Waals surface area contributed by atoms with Crippen LogP contribution < -0.4 is 5.32 Å². The number of fused-ring (bicyclic) bond motifs is 1. The van der Waals surface area contributed by atoms with Gasteiger partial charge in [-0.1, -0.05) is 23.3 Å². The van der Waals surface area contributed by atoms with Gasteiger partial charge in [0, 0.05) is 18.9 Å². The molecule has 0 bridgehead atoms. The molecule has 21 heavy (non-hydrogen) atoms. The van der Waals surface area contributed by atoms with Crippen molar-refractivity contribution in [1.29, 1.82) is 0 Å². The van der Waals surface area contributed by atoms with Crippen LogP contribution in [0.15, 0.2) is 39.2 Å². The Bertz CT molecular complexity index is 729. The van der Waals surface area contributed by atoms with Crippen LogP contribution in [0.3, 0.4) is 0 Å². The van der Waals surface area contributed by atoms with E-state index in [-0.39, 0.29) is 11.8 Å². The maximum Gasteiger partial charge on any atom is 0.322 e. The largest absolute Gasteiger partial charge is 0.451 e. The summed E-state index contributed by atoms with van der Waals surface area (Å²) in [6.45, 7) is 0.471. The second-order valence-corrected chi connectivity index (χ2v) is 4.35. The highest BCUT2D eigenvalue weighted by molar-refractivity contribution is 6.03. The summed E-state index contributed by atoms with van der Waals surface area (Å²) >= 11 is 0. The second-order valence-electron chi connectivity index (χ2n) is 4.35. The SMILES string of the molecule is COCCc1nnc(NC(=O)c2cc3ccccc3o2)o1. The Morgan fingerprint density at radius 1 is 1.29 bits per heavy atom. The summed E-state index contributed by atoms with van der Waals surface area (Å²) in [5.74, 6) is 0.151. The first kappa shape index (κ1) is 13.3. The summed E-state index contributed by atoms with van der Waals surface area (Å²) in [5.41, 5.74) is 0.647. The van der Waals surface area contributed by atoms with E-state index in [0.29, 0.717) is 24.5 Å². The van der Waals surface area contributed by atoms with Crippen molar-refractivity contribution in [2.24, 2.45) is 0 Å². The van der Waals surface area contributed by atoms with Crippen molar-refractivity contribution < 1.29 is 18.4 Å². The zero-order valence-corrected chi connectivity index (χ0v) is 11.3. The van der Waals surface area contributed by atoms with Crippen molar-refractivity contribution in [3.63, 3.8) is 0 Å². The third-order valence-electron chi connectivity index (χ3n) is 2.86. The fourth-order valence-corrected chi connectivity index (χ4v) is 1.85. The predicted octanol–water partition coefficient (Wildman–Crippen LogP) is 2.26. The molecule has 2 aromatic heterocycles. The van der Waals surface area contributed by atoms with E-state index in [2.05, 4.69) is 15.5 Å². The van der Waals surface area contributed by atoms with E-state index in [1.54, 1.807) is 19.2 Å². The molecule has 108 valence electrons. The van der Waals surface area contributed by atoms with Crippen molar-refractivity contribution in [3.8, 4) is 0 Å². The van der Waals surface area contributed by atoms with Gasteiger partial charge in [0.1, 0.15) is 5.58 Å². The number of ether oxygens (including phenoxy) is 1.